The monoisotopic (exact) mass is 349 g/mol. The maximum Gasteiger partial charge on any atom is 0.240 e. The highest BCUT2D eigenvalue weighted by atomic mass is 35.5. The Morgan fingerprint density at radius 2 is 1.67 bits per heavy atom. The SMILES string of the molecule is Cl.N[C@@H](CC(F)F)c1ccccc1Sc1ccc(Cl)cc1. The molecule has 0 spiro atoms. The van der Waals surface area contributed by atoms with Gasteiger partial charge >= 0.3 is 0 Å². The van der Waals surface area contributed by atoms with E-state index in [1.165, 1.54) is 11.8 Å². The molecule has 0 aliphatic heterocycles. The molecule has 2 N–H and O–H groups in total. The van der Waals surface area contributed by atoms with Crippen LogP contribution in [-0.2, 0) is 0 Å². The van der Waals surface area contributed by atoms with Gasteiger partial charge < -0.3 is 5.73 Å². The summed E-state index contributed by atoms with van der Waals surface area (Å²) < 4.78 is 24.9. The number of benzene rings is 2. The van der Waals surface area contributed by atoms with Crippen LogP contribution in [0.4, 0.5) is 8.78 Å². The van der Waals surface area contributed by atoms with Crippen LogP contribution in [0.1, 0.15) is 18.0 Å². The number of hydrogen-bond donors (Lipinski definition) is 1. The van der Waals surface area contributed by atoms with E-state index in [0.29, 0.717) is 5.02 Å². The molecule has 2 rings (SSSR count). The van der Waals surface area contributed by atoms with Crippen molar-refractivity contribution in [3.63, 3.8) is 0 Å². The normalized spacial score (nSPS) is 12.0. The molecule has 2 aromatic rings. The van der Waals surface area contributed by atoms with E-state index in [9.17, 15) is 8.78 Å². The van der Waals surface area contributed by atoms with Crippen LogP contribution in [0.25, 0.3) is 0 Å². The first-order chi connectivity index (χ1) is 9.56. The van der Waals surface area contributed by atoms with Gasteiger partial charge in [-0.1, -0.05) is 41.6 Å². The molecular formula is C15H15Cl2F2NS. The van der Waals surface area contributed by atoms with Crippen molar-refractivity contribution >= 4 is 35.8 Å². The lowest BCUT2D eigenvalue weighted by atomic mass is 10.1. The zero-order valence-electron chi connectivity index (χ0n) is 11.0. The summed E-state index contributed by atoms with van der Waals surface area (Å²) in [4.78, 5) is 1.88. The average Bonchev–Trinajstić information content (AvgIpc) is 2.41. The van der Waals surface area contributed by atoms with Gasteiger partial charge in [-0.05, 0) is 35.9 Å². The average molecular weight is 350 g/mol. The maximum atomic E-state index is 12.5. The molecule has 6 heteroatoms. The molecule has 0 heterocycles. The van der Waals surface area contributed by atoms with Crippen LogP contribution in [0.2, 0.25) is 5.02 Å². The quantitative estimate of drug-likeness (QED) is 0.763. The third-order valence-corrected chi connectivity index (χ3v) is 4.14. The number of halogens is 4. The standard InChI is InChI=1S/C15H14ClF2NS.ClH/c16-10-5-7-11(8-6-10)20-14-4-2-1-3-12(14)13(19)9-15(17)18;/h1-8,13,15H,9,19H2;1H/t13-;/m0./s1. The highest BCUT2D eigenvalue weighted by molar-refractivity contribution is 7.99. The van der Waals surface area contributed by atoms with E-state index < -0.39 is 12.5 Å². The van der Waals surface area contributed by atoms with E-state index in [0.717, 1.165) is 15.4 Å². The smallest absolute Gasteiger partial charge is 0.240 e. The van der Waals surface area contributed by atoms with Crippen LogP contribution in [0.3, 0.4) is 0 Å². The van der Waals surface area contributed by atoms with Crippen LogP contribution in [0.15, 0.2) is 58.3 Å². The summed E-state index contributed by atoms with van der Waals surface area (Å²) in [6, 6.07) is 14.1. The van der Waals surface area contributed by atoms with Gasteiger partial charge in [0.25, 0.3) is 0 Å². The summed E-state index contributed by atoms with van der Waals surface area (Å²) in [5, 5.41) is 0.664. The number of hydrogen-bond acceptors (Lipinski definition) is 2. The second-order valence-corrected chi connectivity index (χ2v) is 5.88. The molecule has 2 aromatic carbocycles. The first kappa shape index (κ1) is 18.2. The zero-order valence-corrected chi connectivity index (χ0v) is 13.4. The van der Waals surface area contributed by atoms with Crippen molar-refractivity contribution in [2.45, 2.75) is 28.7 Å². The van der Waals surface area contributed by atoms with Gasteiger partial charge in [0, 0.05) is 27.3 Å². The minimum Gasteiger partial charge on any atom is -0.324 e. The summed E-state index contributed by atoms with van der Waals surface area (Å²) in [5.74, 6) is 0. The Bertz CT molecular complexity index is 564. The number of alkyl halides is 2. The lowest BCUT2D eigenvalue weighted by molar-refractivity contribution is 0.128. The van der Waals surface area contributed by atoms with Crippen LogP contribution in [0.5, 0.6) is 0 Å². The van der Waals surface area contributed by atoms with E-state index in [1.54, 1.807) is 18.2 Å². The van der Waals surface area contributed by atoms with E-state index in [-0.39, 0.29) is 18.8 Å². The largest absolute Gasteiger partial charge is 0.324 e. The van der Waals surface area contributed by atoms with Crippen molar-refractivity contribution in [2.75, 3.05) is 0 Å². The first-order valence-corrected chi connectivity index (χ1v) is 7.32. The Kier molecular flexibility index (Phi) is 7.46. The molecule has 0 amide bonds. The second-order valence-electron chi connectivity index (χ2n) is 4.33. The molecule has 0 aromatic heterocycles. The molecule has 1 atom stereocenters. The van der Waals surface area contributed by atoms with Crippen molar-refractivity contribution in [2.24, 2.45) is 5.73 Å². The van der Waals surface area contributed by atoms with Gasteiger partial charge in [0.1, 0.15) is 0 Å². The van der Waals surface area contributed by atoms with Crippen molar-refractivity contribution in [1.82, 2.24) is 0 Å². The van der Waals surface area contributed by atoms with Crippen molar-refractivity contribution in [1.29, 1.82) is 0 Å². The molecule has 0 saturated carbocycles. The molecular weight excluding hydrogens is 335 g/mol. The fourth-order valence-corrected chi connectivity index (χ4v) is 2.96. The molecule has 0 aliphatic rings. The third-order valence-electron chi connectivity index (χ3n) is 2.79. The van der Waals surface area contributed by atoms with Gasteiger partial charge in [0.05, 0.1) is 0 Å². The Labute approximate surface area is 138 Å². The van der Waals surface area contributed by atoms with Gasteiger partial charge in [0.15, 0.2) is 0 Å². The fraction of sp³-hybridized carbons (Fsp3) is 0.200. The minimum atomic E-state index is -2.40. The van der Waals surface area contributed by atoms with Gasteiger partial charge in [0.2, 0.25) is 6.43 Å². The summed E-state index contributed by atoms with van der Waals surface area (Å²) >= 11 is 7.34. The Morgan fingerprint density at radius 3 is 2.29 bits per heavy atom. The van der Waals surface area contributed by atoms with Crippen molar-refractivity contribution < 1.29 is 8.78 Å². The van der Waals surface area contributed by atoms with Gasteiger partial charge in [-0.15, -0.1) is 12.4 Å². The highest BCUT2D eigenvalue weighted by Crippen LogP contribution is 2.34. The third kappa shape index (κ3) is 5.47. The summed E-state index contributed by atoms with van der Waals surface area (Å²) in [7, 11) is 0. The lowest BCUT2D eigenvalue weighted by Gasteiger charge is -2.15. The van der Waals surface area contributed by atoms with E-state index in [2.05, 4.69) is 0 Å². The predicted molar refractivity (Wildman–Crippen MR) is 86.8 cm³/mol. The van der Waals surface area contributed by atoms with E-state index in [1.807, 2.05) is 30.3 Å². The van der Waals surface area contributed by atoms with Gasteiger partial charge in [-0.3, -0.25) is 0 Å². The predicted octanol–water partition coefficient (Wildman–Crippen LogP) is 5.57. The minimum absolute atomic E-state index is 0. The Morgan fingerprint density at radius 1 is 1.05 bits per heavy atom. The molecule has 21 heavy (non-hydrogen) atoms. The molecule has 0 unspecified atom stereocenters. The summed E-state index contributed by atoms with van der Waals surface area (Å²) in [6.45, 7) is 0. The molecule has 0 aliphatic carbocycles. The van der Waals surface area contributed by atoms with Crippen LogP contribution < -0.4 is 5.73 Å². The summed E-state index contributed by atoms with van der Waals surface area (Å²) in [5.41, 5.74) is 6.60. The van der Waals surface area contributed by atoms with Crippen LogP contribution in [-0.4, -0.2) is 6.43 Å². The van der Waals surface area contributed by atoms with Crippen LogP contribution >= 0.6 is 35.8 Å². The highest BCUT2D eigenvalue weighted by Gasteiger charge is 2.16. The summed E-state index contributed by atoms with van der Waals surface area (Å²) in [6.07, 6.45) is -2.74. The van der Waals surface area contributed by atoms with Gasteiger partial charge in [-0.25, -0.2) is 8.78 Å². The van der Waals surface area contributed by atoms with Crippen molar-refractivity contribution in [3.05, 3.63) is 59.1 Å². The lowest BCUT2D eigenvalue weighted by Crippen LogP contribution is -2.14. The van der Waals surface area contributed by atoms with Crippen molar-refractivity contribution in [3.8, 4) is 0 Å². The Balaban J connectivity index is 0.00000220. The van der Waals surface area contributed by atoms with Gasteiger partial charge in [-0.2, -0.15) is 0 Å². The topological polar surface area (TPSA) is 26.0 Å². The fourth-order valence-electron chi connectivity index (χ4n) is 1.83. The molecule has 0 bridgehead atoms. The first-order valence-electron chi connectivity index (χ1n) is 6.12. The van der Waals surface area contributed by atoms with E-state index >= 15 is 0 Å². The van der Waals surface area contributed by atoms with Crippen LogP contribution in [0, 0.1) is 0 Å². The zero-order chi connectivity index (χ0) is 14.5. The number of rotatable bonds is 5. The Hall–Kier alpha value is -0.810. The second kappa shape index (κ2) is 8.59. The molecule has 114 valence electrons. The molecule has 0 radical (unpaired) electrons. The van der Waals surface area contributed by atoms with E-state index in [4.69, 9.17) is 17.3 Å². The number of nitrogens with two attached hydrogens (primary N) is 1. The molecule has 1 nitrogen and oxygen atoms in total. The molecule has 0 saturated heterocycles. The molecule has 0 fully saturated rings. The maximum absolute atomic E-state index is 12.5.